The van der Waals surface area contributed by atoms with Gasteiger partial charge in [-0.15, -0.1) is 0 Å². The fraction of sp³-hybridized carbons (Fsp3) is 0.348. The Morgan fingerprint density at radius 1 is 1.18 bits per heavy atom. The van der Waals surface area contributed by atoms with E-state index < -0.39 is 0 Å². The quantitative estimate of drug-likeness (QED) is 0.453. The van der Waals surface area contributed by atoms with Gasteiger partial charge >= 0.3 is 0 Å². The molecular weight excluding hydrogens is 366 g/mol. The predicted molar refractivity (Wildman–Crippen MR) is 114 cm³/mol. The topological polar surface area (TPSA) is 58.7 Å². The van der Waals surface area contributed by atoms with Gasteiger partial charge in [0, 0.05) is 6.04 Å². The maximum Gasteiger partial charge on any atom is 0.262 e. The Balaban J connectivity index is 1.71. The van der Waals surface area contributed by atoms with E-state index in [1.807, 2.05) is 28.8 Å². The molecule has 1 fully saturated rings. The molecule has 0 saturated heterocycles. The van der Waals surface area contributed by atoms with Crippen LogP contribution in [0, 0.1) is 18.3 Å². The van der Waals surface area contributed by atoms with Crippen molar-refractivity contribution in [3.05, 3.63) is 70.0 Å². The van der Waals surface area contributed by atoms with Crippen molar-refractivity contribution < 1.29 is 0 Å². The normalized spacial score (nSPS) is 15.6. The van der Waals surface area contributed by atoms with E-state index in [-0.39, 0.29) is 16.9 Å². The summed E-state index contributed by atoms with van der Waals surface area (Å²) in [6.45, 7) is 2.06. The second kappa shape index (κ2) is 8.20. The molecule has 1 aliphatic carbocycles. The van der Waals surface area contributed by atoms with Crippen molar-refractivity contribution in [3.63, 3.8) is 0 Å². The highest BCUT2D eigenvalue weighted by Crippen LogP contribution is 2.33. The molecule has 0 unspecified atom stereocenters. The molecule has 142 valence electrons. The zero-order chi connectivity index (χ0) is 19.5. The maximum absolute atomic E-state index is 13.2. The van der Waals surface area contributed by atoms with Gasteiger partial charge in [0.25, 0.3) is 5.56 Å². The number of thioether (sulfide) groups is 1. The van der Waals surface area contributed by atoms with Crippen LogP contribution in [0.4, 0.5) is 0 Å². The van der Waals surface area contributed by atoms with Crippen molar-refractivity contribution >= 4 is 22.7 Å². The highest BCUT2D eigenvalue weighted by Gasteiger charge is 2.25. The van der Waals surface area contributed by atoms with Gasteiger partial charge in [0.2, 0.25) is 0 Å². The number of rotatable bonds is 5. The van der Waals surface area contributed by atoms with E-state index in [2.05, 4.69) is 37.3 Å². The molecule has 5 heteroatoms. The van der Waals surface area contributed by atoms with Crippen LogP contribution in [-0.2, 0) is 6.42 Å². The number of hydrogen-bond acceptors (Lipinski definition) is 4. The average Bonchev–Trinajstić information content (AvgIpc) is 3.23. The molecule has 2 aromatic carbocycles. The zero-order valence-corrected chi connectivity index (χ0v) is 16.8. The Hall–Kier alpha value is -2.58. The molecule has 4 nitrogen and oxygen atoms in total. The minimum absolute atomic E-state index is 0.0204. The first kappa shape index (κ1) is 18.8. The molecular formula is C23H23N3OS. The highest BCUT2D eigenvalue weighted by molar-refractivity contribution is 8.00. The van der Waals surface area contributed by atoms with Gasteiger partial charge < -0.3 is 0 Å². The van der Waals surface area contributed by atoms with E-state index in [9.17, 15) is 10.1 Å². The molecule has 0 spiro atoms. The average molecular weight is 390 g/mol. The van der Waals surface area contributed by atoms with Gasteiger partial charge in [-0.05, 0) is 43.9 Å². The van der Waals surface area contributed by atoms with Crippen molar-refractivity contribution in [2.24, 2.45) is 0 Å². The third-order valence-electron chi connectivity index (χ3n) is 5.40. The molecule has 1 aliphatic rings. The van der Waals surface area contributed by atoms with Gasteiger partial charge in [0.05, 0.1) is 17.0 Å². The molecule has 1 heterocycles. The van der Waals surface area contributed by atoms with Gasteiger partial charge in [-0.25, -0.2) is 4.98 Å². The molecule has 28 heavy (non-hydrogen) atoms. The van der Waals surface area contributed by atoms with Crippen molar-refractivity contribution in [2.45, 2.75) is 55.5 Å². The van der Waals surface area contributed by atoms with Crippen LogP contribution in [0.2, 0.25) is 0 Å². The third kappa shape index (κ3) is 3.83. The van der Waals surface area contributed by atoms with Crippen LogP contribution in [0.5, 0.6) is 0 Å². The molecule has 0 bridgehead atoms. The Morgan fingerprint density at radius 3 is 2.61 bits per heavy atom. The number of benzene rings is 2. The van der Waals surface area contributed by atoms with Crippen molar-refractivity contribution in [1.29, 1.82) is 5.26 Å². The number of nitrogens with zero attached hydrogens (tertiary/aromatic N) is 3. The van der Waals surface area contributed by atoms with Crippen LogP contribution in [-0.4, -0.2) is 14.8 Å². The predicted octanol–water partition coefficient (Wildman–Crippen LogP) is 5.05. The molecule has 4 rings (SSSR count). The summed E-state index contributed by atoms with van der Waals surface area (Å²) in [4.78, 5) is 18.0. The van der Waals surface area contributed by atoms with E-state index in [0.717, 1.165) is 31.2 Å². The summed E-state index contributed by atoms with van der Waals surface area (Å²) in [6.07, 6.45) is 4.91. The number of para-hydroxylation sites is 1. The highest BCUT2D eigenvalue weighted by atomic mass is 32.2. The Labute approximate surface area is 169 Å². The largest absolute Gasteiger partial charge is 0.284 e. The lowest BCUT2D eigenvalue weighted by atomic mass is 10.1. The maximum atomic E-state index is 13.2. The van der Waals surface area contributed by atoms with Crippen LogP contribution in [0.15, 0.2) is 58.5 Å². The number of nitriles is 1. The fourth-order valence-electron chi connectivity index (χ4n) is 3.87. The smallest absolute Gasteiger partial charge is 0.262 e. The fourth-order valence-corrected chi connectivity index (χ4v) is 4.95. The number of aromatic nitrogens is 2. The van der Waals surface area contributed by atoms with Crippen molar-refractivity contribution in [3.8, 4) is 6.07 Å². The van der Waals surface area contributed by atoms with E-state index in [1.165, 1.54) is 17.3 Å². The molecule has 0 N–H and O–H groups in total. The van der Waals surface area contributed by atoms with Crippen LogP contribution in [0.1, 0.15) is 42.9 Å². The first-order valence-electron chi connectivity index (χ1n) is 9.79. The standard InChI is InChI=1S/C23H23N3OS/c1-16-10-12-17(13-11-16)14-19(15-24)28-23-25-21-9-5-4-8-20(21)22(27)26(23)18-6-2-3-7-18/h4-5,8-13,18-19H,2-3,6-7,14H2,1H3/t19-/m0/s1. The number of hydrogen-bond donors (Lipinski definition) is 0. The molecule has 0 amide bonds. The van der Waals surface area contributed by atoms with E-state index >= 15 is 0 Å². The van der Waals surface area contributed by atoms with Crippen LogP contribution in [0.25, 0.3) is 10.9 Å². The monoisotopic (exact) mass is 389 g/mol. The van der Waals surface area contributed by atoms with Gasteiger partial charge in [-0.2, -0.15) is 5.26 Å². The summed E-state index contributed by atoms with van der Waals surface area (Å²) in [6, 6.07) is 18.4. The SMILES string of the molecule is Cc1ccc(C[C@@H](C#N)Sc2nc3ccccc3c(=O)n2C2CCCC2)cc1. The first-order chi connectivity index (χ1) is 13.7. The summed E-state index contributed by atoms with van der Waals surface area (Å²) in [5, 5.41) is 10.8. The minimum Gasteiger partial charge on any atom is -0.284 e. The van der Waals surface area contributed by atoms with Gasteiger partial charge in [0.1, 0.15) is 5.25 Å². The Bertz CT molecular complexity index is 1080. The summed E-state index contributed by atoms with van der Waals surface area (Å²) in [7, 11) is 0. The Morgan fingerprint density at radius 2 is 1.89 bits per heavy atom. The van der Waals surface area contributed by atoms with Gasteiger partial charge in [-0.3, -0.25) is 9.36 Å². The summed E-state index contributed by atoms with van der Waals surface area (Å²) in [5.41, 5.74) is 3.06. The molecule has 0 radical (unpaired) electrons. The lowest BCUT2D eigenvalue weighted by Gasteiger charge is -2.20. The van der Waals surface area contributed by atoms with Crippen LogP contribution in [0.3, 0.4) is 0 Å². The lowest BCUT2D eigenvalue weighted by Crippen LogP contribution is -2.27. The van der Waals surface area contributed by atoms with Crippen LogP contribution >= 0.6 is 11.8 Å². The zero-order valence-electron chi connectivity index (χ0n) is 16.0. The van der Waals surface area contributed by atoms with E-state index in [1.54, 1.807) is 0 Å². The van der Waals surface area contributed by atoms with Crippen LogP contribution < -0.4 is 5.56 Å². The molecule has 0 aliphatic heterocycles. The first-order valence-corrected chi connectivity index (χ1v) is 10.7. The Kier molecular flexibility index (Phi) is 5.50. The van der Waals surface area contributed by atoms with Crippen molar-refractivity contribution in [2.75, 3.05) is 0 Å². The minimum atomic E-state index is -0.288. The number of fused-ring (bicyclic) bond motifs is 1. The van der Waals surface area contributed by atoms with Crippen molar-refractivity contribution in [1.82, 2.24) is 9.55 Å². The summed E-state index contributed by atoms with van der Waals surface area (Å²) < 4.78 is 1.86. The van der Waals surface area contributed by atoms with E-state index in [4.69, 9.17) is 4.98 Å². The molecule has 1 atom stereocenters. The van der Waals surface area contributed by atoms with E-state index in [0.29, 0.717) is 22.5 Å². The second-order valence-electron chi connectivity index (χ2n) is 7.45. The van der Waals surface area contributed by atoms with Gasteiger partial charge in [0.15, 0.2) is 5.16 Å². The summed E-state index contributed by atoms with van der Waals surface area (Å²) >= 11 is 1.42. The number of aryl methyl sites for hydroxylation is 1. The third-order valence-corrected chi connectivity index (χ3v) is 6.45. The van der Waals surface area contributed by atoms with Gasteiger partial charge in [-0.1, -0.05) is 66.6 Å². The second-order valence-corrected chi connectivity index (χ2v) is 8.62. The molecule has 3 aromatic rings. The molecule has 1 aromatic heterocycles. The lowest BCUT2D eigenvalue weighted by molar-refractivity contribution is 0.457. The molecule has 1 saturated carbocycles. The summed E-state index contributed by atoms with van der Waals surface area (Å²) in [5.74, 6) is 0.